The maximum Gasteiger partial charge on any atom is 0.129 e. The highest BCUT2D eigenvalue weighted by Gasteiger charge is 2.52. The highest BCUT2D eigenvalue weighted by Crippen LogP contribution is 2.53. The molecule has 0 amide bonds. The first-order valence-electron chi connectivity index (χ1n) is 7.63. The van der Waals surface area contributed by atoms with Crippen LogP contribution in [-0.2, 0) is 18.6 Å². The Labute approximate surface area is 124 Å². The molecule has 4 nitrogen and oxygen atoms in total. The van der Waals surface area contributed by atoms with Crippen molar-refractivity contribution in [2.24, 2.45) is 0 Å². The van der Waals surface area contributed by atoms with Crippen LogP contribution in [-0.4, -0.2) is 40.9 Å². The minimum Gasteiger partial charge on any atom is -0.488 e. The van der Waals surface area contributed by atoms with Gasteiger partial charge in [0.1, 0.15) is 11.9 Å². The molecule has 3 aliphatic rings. The van der Waals surface area contributed by atoms with Crippen molar-refractivity contribution >= 4 is 0 Å². The fourth-order valence-corrected chi connectivity index (χ4v) is 4.12. The van der Waals surface area contributed by atoms with Gasteiger partial charge in [0, 0.05) is 24.1 Å². The van der Waals surface area contributed by atoms with Gasteiger partial charge in [-0.2, -0.15) is 0 Å². The topological polar surface area (TPSA) is 52.9 Å². The summed E-state index contributed by atoms with van der Waals surface area (Å²) in [7, 11) is 2.14. The molecule has 0 aromatic heterocycles. The molecule has 2 aliphatic heterocycles. The molecule has 0 fully saturated rings. The maximum absolute atomic E-state index is 9.95. The van der Waals surface area contributed by atoms with Gasteiger partial charge in [0.05, 0.1) is 18.1 Å². The van der Waals surface area contributed by atoms with Crippen molar-refractivity contribution in [2.45, 2.75) is 43.6 Å². The number of hydrogen-bond donors (Lipinski definition) is 2. The van der Waals surface area contributed by atoms with Crippen molar-refractivity contribution in [3.8, 4) is 5.75 Å². The summed E-state index contributed by atoms with van der Waals surface area (Å²) in [6.45, 7) is 1.90. The van der Waals surface area contributed by atoms with E-state index in [9.17, 15) is 10.2 Å². The molecule has 0 radical (unpaired) electrons. The highest BCUT2D eigenvalue weighted by molar-refractivity contribution is 5.58. The first kappa shape index (κ1) is 13.3. The van der Waals surface area contributed by atoms with E-state index < -0.39 is 6.10 Å². The SMILES string of the molecule is CN1CC[C@@]23C=CC(O)CC2Oc2c(CO)ccc(c23)C1. The zero-order valence-corrected chi connectivity index (χ0v) is 12.2. The monoisotopic (exact) mass is 287 g/mol. The van der Waals surface area contributed by atoms with E-state index in [-0.39, 0.29) is 18.1 Å². The van der Waals surface area contributed by atoms with Gasteiger partial charge in [0.15, 0.2) is 0 Å². The van der Waals surface area contributed by atoms with Crippen LogP contribution in [0.2, 0.25) is 0 Å². The first-order valence-corrected chi connectivity index (χ1v) is 7.63. The summed E-state index contributed by atoms with van der Waals surface area (Å²) in [4.78, 5) is 2.33. The van der Waals surface area contributed by atoms with E-state index in [1.54, 1.807) is 0 Å². The molecular formula is C17H21NO3. The van der Waals surface area contributed by atoms with E-state index in [1.165, 1.54) is 11.1 Å². The first-order chi connectivity index (χ1) is 10.1. The summed E-state index contributed by atoms with van der Waals surface area (Å²) >= 11 is 0. The van der Waals surface area contributed by atoms with Crippen molar-refractivity contribution < 1.29 is 14.9 Å². The third-order valence-corrected chi connectivity index (χ3v) is 5.21. The van der Waals surface area contributed by atoms with Crippen LogP contribution in [0.4, 0.5) is 0 Å². The summed E-state index contributed by atoms with van der Waals surface area (Å²) in [5.41, 5.74) is 3.24. The zero-order chi connectivity index (χ0) is 14.6. The number of ether oxygens (including phenoxy) is 1. The van der Waals surface area contributed by atoms with Gasteiger partial charge in [-0.05, 0) is 25.6 Å². The summed E-state index contributed by atoms with van der Waals surface area (Å²) in [5, 5.41) is 19.6. The summed E-state index contributed by atoms with van der Waals surface area (Å²) in [6.07, 6.45) is 5.23. The number of aliphatic hydroxyl groups excluding tert-OH is 2. The van der Waals surface area contributed by atoms with Crippen LogP contribution in [0, 0.1) is 0 Å². The average molecular weight is 287 g/mol. The lowest BCUT2D eigenvalue weighted by Gasteiger charge is -2.35. The quantitative estimate of drug-likeness (QED) is 0.765. The van der Waals surface area contributed by atoms with Gasteiger partial charge in [-0.1, -0.05) is 24.3 Å². The molecule has 3 atom stereocenters. The molecule has 0 saturated heterocycles. The molecule has 2 unspecified atom stereocenters. The number of benzene rings is 1. The van der Waals surface area contributed by atoms with E-state index in [1.807, 2.05) is 12.1 Å². The lowest BCUT2D eigenvalue weighted by molar-refractivity contribution is 0.0824. The van der Waals surface area contributed by atoms with Crippen molar-refractivity contribution in [1.29, 1.82) is 0 Å². The second kappa shape index (κ2) is 4.57. The van der Waals surface area contributed by atoms with Crippen molar-refractivity contribution in [1.82, 2.24) is 4.90 Å². The van der Waals surface area contributed by atoms with Gasteiger partial charge in [0.25, 0.3) is 0 Å². The molecular weight excluding hydrogens is 266 g/mol. The largest absolute Gasteiger partial charge is 0.488 e. The third kappa shape index (κ3) is 1.79. The van der Waals surface area contributed by atoms with E-state index in [4.69, 9.17) is 4.74 Å². The maximum atomic E-state index is 9.95. The number of aliphatic hydroxyl groups is 2. The highest BCUT2D eigenvalue weighted by atomic mass is 16.5. The molecule has 4 heteroatoms. The fourth-order valence-electron chi connectivity index (χ4n) is 4.12. The molecule has 2 N–H and O–H groups in total. The van der Waals surface area contributed by atoms with Crippen molar-refractivity contribution in [3.63, 3.8) is 0 Å². The normalized spacial score (nSPS) is 34.0. The third-order valence-electron chi connectivity index (χ3n) is 5.21. The molecule has 0 saturated carbocycles. The van der Waals surface area contributed by atoms with Gasteiger partial charge in [-0.15, -0.1) is 0 Å². The Morgan fingerprint density at radius 1 is 1.43 bits per heavy atom. The van der Waals surface area contributed by atoms with Crippen LogP contribution in [0.1, 0.15) is 29.5 Å². The minimum absolute atomic E-state index is 0.00643. The number of hydrogen-bond acceptors (Lipinski definition) is 4. The number of nitrogens with zero attached hydrogens (tertiary/aromatic N) is 1. The second-order valence-corrected chi connectivity index (χ2v) is 6.54. The van der Waals surface area contributed by atoms with Crippen molar-refractivity contribution in [3.05, 3.63) is 41.0 Å². The molecule has 1 aromatic carbocycles. The minimum atomic E-state index is -0.433. The van der Waals surface area contributed by atoms with E-state index >= 15 is 0 Å². The molecule has 4 rings (SSSR count). The lowest BCUT2D eigenvalue weighted by atomic mass is 9.69. The van der Waals surface area contributed by atoms with Crippen LogP contribution in [0.25, 0.3) is 0 Å². The van der Waals surface area contributed by atoms with Crippen LogP contribution >= 0.6 is 0 Å². The summed E-state index contributed by atoms with van der Waals surface area (Å²) in [5.74, 6) is 0.856. The van der Waals surface area contributed by atoms with E-state index in [0.29, 0.717) is 6.42 Å². The average Bonchev–Trinajstić information content (AvgIpc) is 2.72. The van der Waals surface area contributed by atoms with Crippen molar-refractivity contribution in [2.75, 3.05) is 13.6 Å². The second-order valence-electron chi connectivity index (χ2n) is 6.54. The van der Waals surface area contributed by atoms with E-state index in [2.05, 4.69) is 24.1 Å². The Morgan fingerprint density at radius 2 is 2.29 bits per heavy atom. The summed E-state index contributed by atoms with van der Waals surface area (Å²) < 4.78 is 6.22. The molecule has 112 valence electrons. The Balaban J connectivity index is 1.95. The Morgan fingerprint density at radius 3 is 3.10 bits per heavy atom. The lowest BCUT2D eigenvalue weighted by Crippen LogP contribution is -2.42. The fraction of sp³-hybridized carbons (Fsp3) is 0.529. The van der Waals surface area contributed by atoms with Crippen LogP contribution in [0.3, 0.4) is 0 Å². The van der Waals surface area contributed by atoms with Crippen LogP contribution in [0.5, 0.6) is 5.75 Å². The van der Waals surface area contributed by atoms with E-state index in [0.717, 1.165) is 30.8 Å². The molecule has 1 aliphatic carbocycles. The predicted molar refractivity (Wildman–Crippen MR) is 79.2 cm³/mol. The smallest absolute Gasteiger partial charge is 0.129 e. The van der Waals surface area contributed by atoms with Crippen LogP contribution in [0.15, 0.2) is 24.3 Å². The number of rotatable bonds is 1. The zero-order valence-electron chi connectivity index (χ0n) is 12.2. The molecule has 2 heterocycles. The van der Waals surface area contributed by atoms with Gasteiger partial charge < -0.3 is 19.8 Å². The molecule has 21 heavy (non-hydrogen) atoms. The molecule has 0 bridgehead atoms. The van der Waals surface area contributed by atoms with Gasteiger partial charge in [-0.25, -0.2) is 0 Å². The van der Waals surface area contributed by atoms with Gasteiger partial charge in [-0.3, -0.25) is 0 Å². The Kier molecular flexibility index (Phi) is 2.89. The molecule has 1 spiro atoms. The summed E-state index contributed by atoms with van der Waals surface area (Å²) in [6, 6.07) is 4.09. The predicted octanol–water partition coefficient (Wildman–Crippen LogP) is 1.33. The van der Waals surface area contributed by atoms with Crippen LogP contribution < -0.4 is 4.74 Å². The molecule has 1 aromatic rings. The standard InChI is InChI=1S/C17H21NO3/c1-18-7-6-17-5-4-13(20)8-14(17)21-16-12(10-19)3-2-11(9-18)15(16)17/h2-5,13-14,19-20H,6-10H2,1H3/t13?,14?,17-/m0/s1. The Hall–Kier alpha value is -1.36. The van der Waals surface area contributed by atoms with Gasteiger partial charge >= 0.3 is 0 Å². The van der Waals surface area contributed by atoms with Gasteiger partial charge in [0.2, 0.25) is 0 Å². The Bertz CT molecular complexity index is 612.